The fraction of sp³-hybridized carbons (Fsp3) is 0.346. The molecule has 2 N–H and O–H groups in total. The molecule has 1 aliphatic carbocycles. The molecule has 0 unspecified atom stereocenters. The van der Waals surface area contributed by atoms with Crippen molar-refractivity contribution < 1.29 is 9.18 Å². The number of nitrogens with two attached hydrogens (primary N) is 1. The molecular formula is C26H28FN5O. The number of aldehydes is 1. The highest BCUT2D eigenvalue weighted by Crippen LogP contribution is 2.48. The minimum atomic E-state index is -0.280. The maximum atomic E-state index is 14.2. The SMILES string of the molecule is Cn1c(C2=CCC3(CC2)CCN(C=CC=O)CC3)c(-c2cccc(F)c2)c2c(N)ncnc21. The molecule has 3 aromatic rings. The molecule has 0 radical (unpaired) electrons. The lowest BCUT2D eigenvalue weighted by molar-refractivity contribution is -0.104. The zero-order chi connectivity index (χ0) is 23.0. The van der Waals surface area contributed by atoms with Crippen LogP contribution in [0.1, 0.15) is 37.8 Å². The highest BCUT2D eigenvalue weighted by atomic mass is 19.1. The number of fused-ring (bicyclic) bond motifs is 1. The average Bonchev–Trinajstić information content (AvgIpc) is 3.13. The summed E-state index contributed by atoms with van der Waals surface area (Å²) in [6.07, 6.45) is 13.4. The normalized spacial score (nSPS) is 18.2. The fourth-order valence-corrected chi connectivity index (χ4v) is 5.49. The van der Waals surface area contributed by atoms with E-state index in [0.717, 1.165) is 79.3 Å². The number of allylic oxidation sites excluding steroid dienone is 3. The number of nitrogens with zero attached hydrogens (tertiary/aromatic N) is 4. The summed E-state index contributed by atoms with van der Waals surface area (Å²) in [6, 6.07) is 6.65. The maximum absolute atomic E-state index is 14.2. The summed E-state index contributed by atoms with van der Waals surface area (Å²) < 4.78 is 16.2. The quantitative estimate of drug-likeness (QED) is 0.465. The topological polar surface area (TPSA) is 77.0 Å². The third-order valence-corrected chi connectivity index (χ3v) is 7.35. The molecule has 1 saturated heterocycles. The number of carbonyl (C=O) groups excluding carboxylic acids is 1. The van der Waals surface area contributed by atoms with Gasteiger partial charge in [0, 0.05) is 31.9 Å². The first-order valence-corrected chi connectivity index (χ1v) is 11.4. The second kappa shape index (κ2) is 8.46. The Morgan fingerprint density at radius 3 is 2.70 bits per heavy atom. The van der Waals surface area contributed by atoms with Gasteiger partial charge in [0.15, 0.2) is 0 Å². The summed E-state index contributed by atoms with van der Waals surface area (Å²) in [5, 5.41) is 0.775. The fourth-order valence-electron chi connectivity index (χ4n) is 5.49. The molecule has 170 valence electrons. The van der Waals surface area contributed by atoms with E-state index in [9.17, 15) is 9.18 Å². The lowest BCUT2D eigenvalue weighted by Crippen LogP contribution is -2.38. The summed E-state index contributed by atoms with van der Waals surface area (Å²) in [5.74, 6) is 0.127. The molecule has 2 aliphatic rings. The van der Waals surface area contributed by atoms with Crippen LogP contribution in [0, 0.1) is 11.2 Å². The predicted molar refractivity (Wildman–Crippen MR) is 129 cm³/mol. The van der Waals surface area contributed by atoms with E-state index >= 15 is 0 Å². The van der Waals surface area contributed by atoms with E-state index in [0.29, 0.717) is 11.2 Å². The number of rotatable bonds is 4. The van der Waals surface area contributed by atoms with Gasteiger partial charge < -0.3 is 15.2 Å². The highest BCUT2D eigenvalue weighted by molar-refractivity contribution is 6.05. The van der Waals surface area contributed by atoms with Gasteiger partial charge in [0.1, 0.15) is 29.9 Å². The van der Waals surface area contributed by atoms with Crippen molar-refractivity contribution in [3.63, 3.8) is 0 Å². The summed E-state index contributed by atoms with van der Waals surface area (Å²) in [5.41, 5.74) is 11.3. The number of halogens is 1. The molecule has 0 amide bonds. The number of anilines is 1. The molecule has 33 heavy (non-hydrogen) atoms. The first-order valence-electron chi connectivity index (χ1n) is 11.4. The lowest BCUT2D eigenvalue weighted by Gasteiger charge is -2.43. The van der Waals surface area contributed by atoms with E-state index in [1.54, 1.807) is 18.2 Å². The molecular weight excluding hydrogens is 417 g/mol. The summed E-state index contributed by atoms with van der Waals surface area (Å²) in [7, 11) is 2.00. The van der Waals surface area contributed by atoms with Crippen LogP contribution < -0.4 is 5.73 Å². The second-order valence-electron chi connectivity index (χ2n) is 9.20. The van der Waals surface area contributed by atoms with Gasteiger partial charge in [-0.25, -0.2) is 14.4 Å². The molecule has 0 bridgehead atoms. The average molecular weight is 446 g/mol. The molecule has 1 aliphatic heterocycles. The second-order valence-corrected chi connectivity index (χ2v) is 9.20. The summed E-state index contributed by atoms with van der Waals surface area (Å²) in [4.78, 5) is 21.6. The van der Waals surface area contributed by atoms with E-state index in [4.69, 9.17) is 5.73 Å². The molecule has 5 rings (SSSR count). The molecule has 1 fully saturated rings. The number of hydrogen-bond donors (Lipinski definition) is 1. The van der Waals surface area contributed by atoms with Gasteiger partial charge in [0.05, 0.1) is 11.1 Å². The van der Waals surface area contributed by atoms with Crippen molar-refractivity contribution in [3.8, 4) is 11.1 Å². The van der Waals surface area contributed by atoms with Gasteiger partial charge in [-0.15, -0.1) is 0 Å². The van der Waals surface area contributed by atoms with Crippen molar-refractivity contribution >= 4 is 28.7 Å². The van der Waals surface area contributed by atoms with Gasteiger partial charge >= 0.3 is 0 Å². The van der Waals surface area contributed by atoms with E-state index in [1.807, 2.05) is 19.3 Å². The largest absolute Gasteiger partial charge is 0.383 e. The molecule has 0 atom stereocenters. The number of carbonyl (C=O) groups is 1. The van der Waals surface area contributed by atoms with Gasteiger partial charge in [0.2, 0.25) is 0 Å². The number of hydrogen-bond acceptors (Lipinski definition) is 5. The first kappa shape index (κ1) is 21.4. The van der Waals surface area contributed by atoms with Crippen molar-refractivity contribution in [2.24, 2.45) is 12.5 Å². The molecule has 0 saturated carbocycles. The van der Waals surface area contributed by atoms with Crippen molar-refractivity contribution in [1.29, 1.82) is 0 Å². The summed E-state index contributed by atoms with van der Waals surface area (Å²) in [6.45, 7) is 1.95. The number of aromatic nitrogens is 3. The monoisotopic (exact) mass is 445 g/mol. The number of aryl methyl sites for hydroxylation is 1. The Morgan fingerprint density at radius 1 is 1.18 bits per heavy atom. The first-order chi connectivity index (χ1) is 16.0. The maximum Gasteiger partial charge on any atom is 0.146 e. The molecule has 1 spiro atoms. The Hall–Kier alpha value is -3.48. The Kier molecular flexibility index (Phi) is 5.48. The smallest absolute Gasteiger partial charge is 0.146 e. The van der Waals surface area contributed by atoms with Crippen molar-refractivity contribution in [1.82, 2.24) is 19.4 Å². The van der Waals surface area contributed by atoms with Crippen LogP contribution in [0.15, 0.2) is 48.9 Å². The Bertz CT molecular complexity index is 1270. The van der Waals surface area contributed by atoms with Gasteiger partial charge in [-0.2, -0.15) is 0 Å². The van der Waals surface area contributed by atoms with Crippen LogP contribution in [0.4, 0.5) is 10.2 Å². The van der Waals surface area contributed by atoms with Crippen LogP contribution >= 0.6 is 0 Å². The zero-order valence-corrected chi connectivity index (χ0v) is 18.8. The van der Waals surface area contributed by atoms with Crippen LogP contribution in [-0.4, -0.2) is 38.8 Å². The Balaban J connectivity index is 1.53. The van der Waals surface area contributed by atoms with Crippen LogP contribution in [0.5, 0.6) is 0 Å². The Labute approximate surface area is 192 Å². The zero-order valence-electron chi connectivity index (χ0n) is 18.8. The molecule has 1 aromatic carbocycles. The van der Waals surface area contributed by atoms with Crippen LogP contribution in [0.2, 0.25) is 0 Å². The van der Waals surface area contributed by atoms with Crippen LogP contribution in [0.25, 0.3) is 27.7 Å². The van der Waals surface area contributed by atoms with E-state index in [2.05, 4.69) is 25.5 Å². The lowest BCUT2D eigenvalue weighted by atomic mass is 9.68. The summed E-state index contributed by atoms with van der Waals surface area (Å²) >= 11 is 0. The van der Waals surface area contributed by atoms with Crippen LogP contribution in [0.3, 0.4) is 0 Å². The van der Waals surface area contributed by atoms with Crippen molar-refractivity contribution in [3.05, 3.63) is 60.5 Å². The van der Waals surface area contributed by atoms with E-state index in [-0.39, 0.29) is 5.82 Å². The third-order valence-electron chi connectivity index (χ3n) is 7.35. The molecule has 3 heterocycles. The number of nitrogen functional groups attached to an aromatic ring is 1. The van der Waals surface area contributed by atoms with Crippen molar-refractivity contribution in [2.45, 2.75) is 32.1 Å². The molecule has 2 aromatic heterocycles. The Morgan fingerprint density at radius 2 is 2.00 bits per heavy atom. The van der Waals surface area contributed by atoms with Crippen LogP contribution in [-0.2, 0) is 11.8 Å². The van der Waals surface area contributed by atoms with Gasteiger partial charge in [-0.05, 0) is 66.9 Å². The van der Waals surface area contributed by atoms with Gasteiger partial charge in [-0.1, -0.05) is 18.2 Å². The third kappa shape index (κ3) is 3.81. The molecule has 7 heteroatoms. The minimum absolute atomic E-state index is 0.280. The van der Waals surface area contributed by atoms with Gasteiger partial charge in [0.25, 0.3) is 0 Å². The van der Waals surface area contributed by atoms with E-state index in [1.165, 1.54) is 18.0 Å². The minimum Gasteiger partial charge on any atom is -0.383 e. The number of likely N-dealkylation sites (tertiary alicyclic amines) is 1. The number of benzene rings is 1. The molecule has 6 nitrogen and oxygen atoms in total. The number of piperidine rings is 1. The van der Waals surface area contributed by atoms with Gasteiger partial charge in [-0.3, -0.25) is 4.79 Å². The standard InChI is InChI=1S/C26H28FN5O/c1-31-23(18-6-8-26(9-7-18)10-13-32(14-11-26)12-3-15-33)21(19-4-2-5-20(27)16-19)22-24(28)29-17-30-25(22)31/h2-6,12,15-17H,7-11,13-14H2,1H3,(H2,28,29,30). The van der Waals surface area contributed by atoms with Crippen molar-refractivity contribution in [2.75, 3.05) is 18.8 Å². The predicted octanol–water partition coefficient (Wildman–Crippen LogP) is 4.72. The van der Waals surface area contributed by atoms with E-state index < -0.39 is 0 Å². The highest BCUT2D eigenvalue weighted by Gasteiger charge is 2.36.